The van der Waals surface area contributed by atoms with E-state index in [1.54, 1.807) is 6.07 Å². The first-order valence-corrected chi connectivity index (χ1v) is 7.18. The average molecular weight is 388 g/mol. The summed E-state index contributed by atoms with van der Waals surface area (Å²) in [7, 11) is 0. The van der Waals surface area contributed by atoms with Gasteiger partial charge in [-0.1, -0.05) is 0 Å². The summed E-state index contributed by atoms with van der Waals surface area (Å²) in [4.78, 5) is 3.56. The van der Waals surface area contributed by atoms with E-state index < -0.39 is 34.9 Å². The second kappa shape index (κ2) is 5.00. The molecule has 0 saturated carbocycles. The molecular weight excluding hydrogens is 377 g/mol. The number of aromatic hydroxyl groups is 1. The highest BCUT2D eigenvalue weighted by Gasteiger charge is 2.68. The molecule has 5 N–H and O–H groups in total. The molecule has 11 heteroatoms. The molecule has 0 bridgehead atoms. The van der Waals surface area contributed by atoms with Crippen molar-refractivity contribution in [2.24, 2.45) is 0 Å². The predicted molar refractivity (Wildman–Crippen MR) is 77.1 cm³/mol. The molecule has 0 spiro atoms. The van der Waals surface area contributed by atoms with Crippen LogP contribution in [0.3, 0.4) is 0 Å². The molecule has 23 heavy (non-hydrogen) atoms. The van der Waals surface area contributed by atoms with Crippen molar-refractivity contribution >= 4 is 27.4 Å². The highest BCUT2D eigenvalue weighted by molar-refractivity contribution is 9.10. The lowest BCUT2D eigenvalue weighted by molar-refractivity contribution is -0.0587. The van der Waals surface area contributed by atoms with Crippen molar-refractivity contribution in [3.05, 3.63) is 17.8 Å². The Labute approximate surface area is 136 Å². The van der Waals surface area contributed by atoms with Crippen LogP contribution in [0.1, 0.15) is 5.69 Å². The van der Waals surface area contributed by atoms with E-state index in [4.69, 9.17) is 10.5 Å². The van der Waals surface area contributed by atoms with Crippen molar-refractivity contribution in [3.8, 4) is 11.9 Å². The number of nitrogens with zero attached hydrogens (tertiary/aromatic N) is 4. The first-order chi connectivity index (χ1) is 10.8. The number of nitrogen functional groups attached to an aromatic ring is 1. The van der Waals surface area contributed by atoms with Gasteiger partial charge in [0.2, 0.25) is 22.0 Å². The number of rotatable bonds is 2. The molecule has 1 fully saturated rings. The number of aliphatic hydroxyl groups excluding tert-OH is 2. The van der Waals surface area contributed by atoms with Gasteiger partial charge in [0.15, 0.2) is 0 Å². The van der Waals surface area contributed by atoms with E-state index in [1.165, 1.54) is 12.1 Å². The zero-order valence-electron chi connectivity index (χ0n) is 11.4. The van der Waals surface area contributed by atoms with Crippen LogP contribution in [0.2, 0.25) is 0 Å². The van der Waals surface area contributed by atoms with Gasteiger partial charge in [0.25, 0.3) is 0 Å². The normalized spacial score (nSPS) is 33.9. The molecule has 3 heterocycles. The second-order valence-corrected chi connectivity index (χ2v) is 6.16. The van der Waals surface area contributed by atoms with Crippen molar-refractivity contribution in [2.75, 3.05) is 12.3 Å². The monoisotopic (exact) mass is 387 g/mol. The van der Waals surface area contributed by atoms with Crippen molar-refractivity contribution in [3.63, 3.8) is 0 Å². The van der Waals surface area contributed by atoms with Gasteiger partial charge in [0.1, 0.15) is 23.8 Å². The van der Waals surface area contributed by atoms with Crippen LogP contribution in [0.4, 0.5) is 10.3 Å². The Kier molecular flexibility index (Phi) is 3.45. The number of anilines is 1. The highest BCUT2D eigenvalue weighted by Crippen LogP contribution is 2.53. The molecule has 0 radical (unpaired) electrons. The zero-order chi connectivity index (χ0) is 17.0. The topological polar surface area (TPSA) is 150 Å². The Hall–Kier alpha value is -2.00. The van der Waals surface area contributed by atoms with Crippen molar-refractivity contribution in [2.45, 2.75) is 22.4 Å². The first-order valence-electron chi connectivity index (χ1n) is 6.39. The van der Waals surface area contributed by atoms with Gasteiger partial charge in [-0.25, -0.2) is 8.91 Å². The van der Waals surface area contributed by atoms with E-state index in [0.717, 1.165) is 4.52 Å². The van der Waals surface area contributed by atoms with E-state index >= 15 is 4.39 Å². The van der Waals surface area contributed by atoms with Crippen molar-refractivity contribution < 1.29 is 24.4 Å². The number of hydrogen-bond donors (Lipinski definition) is 4. The third kappa shape index (κ3) is 1.93. The predicted octanol–water partition coefficient (Wildman–Crippen LogP) is -0.451. The maximum Gasteiger partial charge on any atom is 0.244 e. The van der Waals surface area contributed by atoms with Crippen LogP contribution >= 0.6 is 15.9 Å². The maximum absolute atomic E-state index is 15.1. The fourth-order valence-corrected chi connectivity index (χ4v) is 3.28. The molecule has 2 aromatic rings. The van der Waals surface area contributed by atoms with Crippen molar-refractivity contribution in [1.82, 2.24) is 14.6 Å². The van der Waals surface area contributed by atoms with E-state index in [2.05, 4.69) is 26.0 Å². The van der Waals surface area contributed by atoms with Crippen LogP contribution in [0, 0.1) is 11.3 Å². The molecule has 1 aliphatic rings. The van der Waals surface area contributed by atoms with Gasteiger partial charge >= 0.3 is 0 Å². The van der Waals surface area contributed by atoms with Crippen LogP contribution in [0.15, 0.2) is 12.1 Å². The number of aromatic nitrogens is 3. The van der Waals surface area contributed by atoms with E-state index in [0.29, 0.717) is 0 Å². The number of halogens is 2. The number of fused-ring (bicyclic) bond motifs is 1. The molecule has 122 valence electrons. The number of ether oxygens (including phenoxy) is 1. The summed E-state index contributed by atoms with van der Waals surface area (Å²) in [6, 6.07) is 4.30. The van der Waals surface area contributed by atoms with E-state index in [1.807, 2.05) is 0 Å². The lowest BCUT2D eigenvalue weighted by Crippen LogP contribution is -2.46. The van der Waals surface area contributed by atoms with Gasteiger partial charge in [0.05, 0.1) is 12.3 Å². The molecule has 1 saturated heterocycles. The minimum atomic E-state index is -2.73. The van der Waals surface area contributed by atoms with Crippen LogP contribution in [-0.2, 0) is 10.3 Å². The summed E-state index contributed by atoms with van der Waals surface area (Å²) in [5.74, 6) is -0.773. The van der Waals surface area contributed by atoms with E-state index in [9.17, 15) is 20.6 Å². The number of nitriles is 1. The van der Waals surface area contributed by atoms with Gasteiger partial charge in [-0.15, -0.1) is 5.10 Å². The molecule has 2 aromatic heterocycles. The zero-order valence-corrected chi connectivity index (χ0v) is 13.0. The molecule has 1 aliphatic heterocycles. The Morgan fingerprint density at radius 1 is 1.57 bits per heavy atom. The largest absolute Gasteiger partial charge is 0.492 e. The van der Waals surface area contributed by atoms with E-state index in [-0.39, 0.29) is 17.2 Å². The quantitative estimate of drug-likeness (QED) is 0.505. The summed E-state index contributed by atoms with van der Waals surface area (Å²) < 4.78 is 18.7. The minimum Gasteiger partial charge on any atom is -0.492 e. The molecule has 0 amide bonds. The Bertz CT molecular complexity index is 822. The van der Waals surface area contributed by atoms with Gasteiger partial charge in [-0.05, 0) is 28.1 Å². The summed E-state index contributed by atoms with van der Waals surface area (Å²) >= 11 is 2.69. The van der Waals surface area contributed by atoms with Crippen LogP contribution in [-0.4, -0.2) is 53.3 Å². The minimum absolute atomic E-state index is 0.0673. The van der Waals surface area contributed by atoms with Crippen LogP contribution in [0.5, 0.6) is 5.88 Å². The lowest BCUT2D eigenvalue weighted by atomic mass is 9.93. The molecule has 1 unspecified atom stereocenters. The summed E-state index contributed by atoms with van der Waals surface area (Å²) in [6.45, 7) is -0.701. The van der Waals surface area contributed by atoms with Gasteiger partial charge in [-0.3, -0.25) is 0 Å². The lowest BCUT2D eigenvalue weighted by Gasteiger charge is -2.29. The Balaban J connectivity index is 2.29. The summed E-state index contributed by atoms with van der Waals surface area (Å²) in [5.41, 5.74) is 3.07. The smallest absolute Gasteiger partial charge is 0.244 e. The number of aliphatic hydroxyl groups is 2. The molecule has 0 aromatic carbocycles. The van der Waals surface area contributed by atoms with Gasteiger partial charge < -0.3 is 25.8 Å². The molecule has 0 aliphatic carbocycles. The molecule has 4 atom stereocenters. The Morgan fingerprint density at radius 2 is 2.26 bits per heavy atom. The first kappa shape index (κ1) is 15.9. The van der Waals surface area contributed by atoms with Crippen LogP contribution in [0.25, 0.3) is 5.52 Å². The summed E-state index contributed by atoms with van der Waals surface area (Å²) in [5, 5.41) is 42.4. The molecule has 3 rings (SSSR count). The van der Waals surface area contributed by atoms with Gasteiger partial charge in [-0.2, -0.15) is 10.2 Å². The van der Waals surface area contributed by atoms with Crippen LogP contribution < -0.4 is 5.73 Å². The van der Waals surface area contributed by atoms with Gasteiger partial charge in [0, 0.05) is 0 Å². The van der Waals surface area contributed by atoms with Crippen molar-refractivity contribution in [1.29, 1.82) is 5.26 Å². The highest BCUT2D eigenvalue weighted by atomic mass is 79.9. The number of nitrogens with two attached hydrogens (primary N) is 1. The third-order valence-electron chi connectivity index (χ3n) is 3.73. The third-order valence-corrected chi connectivity index (χ3v) is 4.75. The Morgan fingerprint density at radius 3 is 2.83 bits per heavy atom. The average Bonchev–Trinajstić information content (AvgIpc) is 2.99. The SMILES string of the molecule is N#C[C@@]1(c2ccc3c(O)nc(N)nn23)O[C@H](CO)C(O)[C@]1(F)Br. The number of hydrogen-bond acceptors (Lipinski definition) is 8. The number of alkyl halides is 2. The second-order valence-electron chi connectivity index (χ2n) is 5.01. The fraction of sp³-hybridized carbons (Fsp3) is 0.417. The fourth-order valence-electron chi connectivity index (χ4n) is 2.60. The molecular formula is C12H11BrFN5O4. The molecule has 9 nitrogen and oxygen atoms in total. The standard InChI is InChI=1S/C12H11BrFN5O4/c13-12(14)8(21)6(3-20)23-11(12,4-15)7-2-1-5-9(22)17-10(16)18-19(5)7/h1-2,6,8,20-21H,3H2,(H3,16,17,18,22)/t6-,8?,11+,12-/m1/s1. The summed E-state index contributed by atoms with van der Waals surface area (Å²) in [6.07, 6.45) is -3.15. The maximum atomic E-state index is 15.1.